The van der Waals surface area contributed by atoms with E-state index in [1.54, 1.807) is 0 Å². The smallest absolute Gasteiger partial charge is 0.139 e. The molecule has 0 bridgehead atoms. The number of benzene rings is 2. The van der Waals surface area contributed by atoms with E-state index in [9.17, 15) is 0 Å². The van der Waals surface area contributed by atoms with Crippen LogP contribution in [0.25, 0.3) is 22.4 Å². The summed E-state index contributed by atoms with van der Waals surface area (Å²) in [5.41, 5.74) is 9.77. The number of hydrogen-bond acceptors (Lipinski definition) is 2. The lowest BCUT2D eigenvalue weighted by Crippen LogP contribution is -1.96. The van der Waals surface area contributed by atoms with Crippen LogP contribution in [-0.2, 0) is 6.54 Å². The first-order valence-electron chi connectivity index (χ1n) is 5.82. The number of aromatic amines is 1. The third-order valence-electron chi connectivity index (χ3n) is 3.00. The first kappa shape index (κ1) is 12.8. The summed E-state index contributed by atoms with van der Waals surface area (Å²) < 4.78 is 2.03. The van der Waals surface area contributed by atoms with Crippen molar-refractivity contribution in [3.05, 3.63) is 50.9 Å². The minimum atomic E-state index is 0.489. The average molecular weight is 381 g/mol. The Morgan fingerprint density at radius 3 is 2.74 bits per heavy atom. The van der Waals surface area contributed by atoms with Crippen molar-refractivity contribution in [3.63, 3.8) is 0 Å². The molecule has 1 aromatic heterocycles. The third-order valence-corrected chi connectivity index (χ3v) is 4.15. The van der Waals surface area contributed by atoms with Crippen LogP contribution in [0.15, 0.2) is 45.3 Å². The molecule has 0 saturated carbocycles. The van der Waals surface area contributed by atoms with E-state index in [1.807, 2.05) is 36.4 Å². The average Bonchev–Trinajstić information content (AvgIpc) is 2.81. The Hall–Kier alpha value is -1.17. The van der Waals surface area contributed by atoms with E-state index in [4.69, 9.17) is 5.73 Å². The highest BCUT2D eigenvalue weighted by molar-refractivity contribution is 9.11. The number of halogens is 2. The van der Waals surface area contributed by atoms with Gasteiger partial charge in [-0.15, -0.1) is 0 Å². The fraction of sp³-hybridized carbons (Fsp3) is 0.0714. The van der Waals surface area contributed by atoms with E-state index in [1.165, 1.54) is 0 Å². The minimum Gasteiger partial charge on any atom is -0.338 e. The van der Waals surface area contributed by atoms with Gasteiger partial charge in [-0.2, -0.15) is 0 Å². The highest BCUT2D eigenvalue weighted by atomic mass is 79.9. The Bertz CT molecular complexity index is 750. The van der Waals surface area contributed by atoms with Gasteiger partial charge in [0.25, 0.3) is 0 Å². The predicted octanol–water partition coefficient (Wildman–Crippen LogP) is 4.21. The summed E-state index contributed by atoms with van der Waals surface area (Å²) in [4.78, 5) is 8.00. The van der Waals surface area contributed by atoms with Gasteiger partial charge in [0.2, 0.25) is 0 Å². The fourth-order valence-electron chi connectivity index (χ4n) is 2.07. The lowest BCUT2D eigenvalue weighted by atomic mass is 10.2. The molecule has 0 aliphatic heterocycles. The van der Waals surface area contributed by atoms with Crippen molar-refractivity contribution in [2.45, 2.75) is 6.54 Å². The fourth-order valence-corrected chi connectivity index (χ4v) is 3.30. The third kappa shape index (κ3) is 2.33. The van der Waals surface area contributed by atoms with E-state index >= 15 is 0 Å². The summed E-state index contributed by atoms with van der Waals surface area (Å²) in [5, 5.41) is 0. The number of fused-ring (bicyclic) bond motifs is 1. The number of para-hydroxylation sites is 1. The molecule has 3 N–H and O–H groups in total. The van der Waals surface area contributed by atoms with Gasteiger partial charge in [-0.25, -0.2) is 4.98 Å². The molecule has 3 rings (SSSR count). The van der Waals surface area contributed by atoms with Gasteiger partial charge >= 0.3 is 0 Å². The van der Waals surface area contributed by atoms with Crippen molar-refractivity contribution in [3.8, 4) is 11.4 Å². The van der Waals surface area contributed by atoms with Gasteiger partial charge in [0.1, 0.15) is 5.82 Å². The highest BCUT2D eigenvalue weighted by Crippen LogP contribution is 2.30. The van der Waals surface area contributed by atoms with Crippen molar-refractivity contribution in [2.75, 3.05) is 0 Å². The summed E-state index contributed by atoms with van der Waals surface area (Å²) in [7, 11) is 0. The van der Waals surface area contributed by atoms with Crippen molar-refractivity contribution in [2.24, 2.45) is 5.73 Å². The zero-order chi connectivity index (χ0) is 13.4. The normalized spacial score (nSPS) is 11.1. The maximum atomic E-state index is 5.74. The predicted molar refractivity (Wildman–Crippen MR) is 84.8 cm³/mol. The molecule has 2 aromatic carbocycles. The van der Waals surface area contributed by atoms with Gasteiger partial charge in [0, 0.05) is 21.1 Å². The molecule has 19 heavy (non-hydrogen) atoms. The highest BCUT2D eigenvalue weighted by Gasteiger charge is 2.10. The first-order valence-corrected chi connectivity index (χ1v) is 7.41. The molecule has 0 radical (unpaired) electrons. The number of rotatable bonds is 2. The second kappa shape index (κ2) is 5.07. The van der Waals surface area contributed by atoms with Gasteiger partial charge in [-0.1, -0.05) is 28.1 Å². The second-order valence-corrected chi connectivity index (χ2v) is 6.00. The van der Waals surface area contributed by atoms with E-state index in [0.717, 1.165) is 36.9 Å². The van der Waals surface area contributed by atoms with Gasteiger partial charge < -0.3 is 10.7 Å². The molecular weight excluding hydrogens is 370 g/mol. The minimum absolute atomic E-state index is 0.489. The summed E-state index contributed by atoms with van der Waals surface area (Å²) in [6, 6.07) is 12.0. The molecule has 0 spiro atoms. The summed E-state index contributed by atoms with van der Waals surface area (Å²) in [6.07, 6.45) is 0. The zero-order valence-corrected chi connectivity index (χ0v) is 13.1. The molecule has 3 aromatic rings. The summed E-state index contributed by atoms with van der Waals surface area (Å²) >= 11 is 7.01. The van der Waals surface area contributed by atoms with E-state index in [2.05, 4.69) is 41.8 Å². The number of nitrogens with one attached hydrogen (secondary N) is 1. The topological polar surface area (TPSA) is 54.7 Å². The molecule has 0 atom stereocenters. The molecule has 0 aliphatic rings. The molecule has 96 valence electrons. The summed E-state index contributed by atoms with van der Waals surface area (Å²) in [6.45, 7) is 0.489. The van der Waals surface area contributed by atoms with Crippen molar-refractivity contribution < 1.29 is 0 Å². The van der Waals surface area contributed by atoms with Gasteiger partial charge in [-0.05, 0) is 45.8 Å². The maximum Gasteiger partial charge on any atom is 0.139 e. The molecule has 3 nitrogen and oxygen atoms in total. The second-order valence-electron chi connectivity index (χ2n) is 4.23. The van der Waals surface area contributed by atoms with Gasteiger partial charge in [0.15, 0.2) is 0 Å². The van der Waals surface area contributed by atoms with Crippen LogP contribution >= 0.6 is 31.9 Å². The largest absolute Gasteiger partial charge is 0.338 e. The SMILES string of the molecule is NCc1cccc2[nH]c(-c3ccc(Br)cc3Br)nc12. The lowest BCUT2D eigenvalue weighted by Gasteiger charge is -2.01. The van der Waals surface area contributed by atoms with Crippen LogP contribution in [0.5, 0.6) is 0 Å². The van der Waals surface area contributed by atoms with E-state index in [-0.39, 0.29) is 0 Å². The Balaban J connectivity index is 2.20. The Labute approximate surface area is 127 Å². The first-order chi connectivity index (χ1) is 9.19. The molecule has 0 fully saturated rings. The quantitative estimate of drug-likeness (QED) is 0.699. The van der Waals surface area contributed by atoms with E-state index < -0.39 is 0 Å². The van der Waals surface area contributed by atoms with Crippen LogP contribution in [-0.4, -0.2) is 9.97 Å². The number of nitrogens with two attached hydrogens (primary N) is 1. The van der Waals surface area contributed by atoms with Crippen LogP contribution in [0.4, 0.5) is 0 Å². The number of H-pyrrole nitrogens is 1. The molecule has 0 aliphatic carbocycles. The molecule has 1 heterocycles. The Kier molecular flexibility index (Phi) is 3.43. The molecule has 0 amide bonds. The maximum absolute atomic E-state index is 5.74. The number of hydrogen-bond donors (Lipinski definition) is 2. The van der Waals surface area contributed by atoms with Crippen molar-refractivity contribution >= 4 is 42.9 Å². The van der Waals surface area contributed by atoms with Crippen molar-refractivity contribution in [1.29, 1.82) is 0 Å². The molecular formula is C14H11Br2N3. The van der Waals surface area contributed by atoms with Crippen LogP contribution in [0.1, 0.15) is 5.56 Å². The number of nitrogens with zero attached hydrogens (tertiary/aromatic N) is 1. The molecule has 0 saturated heterocycles. The zero-order valence-electron chi connectivity index (χ0n) is 9.95. The van der Waals surface area contributed by atoms with Crippen LogP contribution in [0.3, 0.4) is 0 Å². The van der Waals surface area contributed by atoms with Crippen LogP contribution < -0.4 is 5.73 Å². The Morgan fingerprint density at radius 2 is 2.00 bits per heavy atom. The van der Waals surface area contributed by atoms with Gasteiger partial charge in [-0.3, -0.25) is 0 Å². The Morgan fingerprint density at radius 1 is 1.16 bits per heavy atom. The number of aromatic nitrogens is 2. The number of imidazole rings is 1. The van der Waals surface area contributed by atoms with Gasteiger partial charge in [0.05, 0.1) is 11.0 Å². The van der Waals surface area contributed by atoms with Crippen LogP contribution in [0.2, 0.25) is 0 Å². The van der Waals surface area contributed by atoms with Crippen molar-refractivity contribution in [1.82, 2.24) is 9.97 Å². The van der Waals surface area contributed by atoms with E-state index in [0.29, 0.717) is 6.54 Å². The van der Waals surface area contributed by atoms with Crippen LogP contribution in [0, 0.1) is 0 Å². The lowest BCUT2D eigenvalue weighted by molar-refractivity contribution is 1.08. The molecule has 0 unspecified atom stereocenters. The molecule has 5 heteroatoms. The monoisotopic (exact) mass is 379 g/mol. The summed E-state index contributed by atoms with van der Waals surface area (Å²) in [5.74, 6) is 0.843. The standard InChI is InChI=1S/C14H11Br2N3/c15-9-4-5-10(11(16)6-9)14-18-12-3-1-2-8(7-17)13(12)19-14/h1-6H,7,17H2,(H,18,19).